The zero-order valence-corrected chi connectivity index (χ0v) is 18.9. The predicted molar refractivity (Wildman–Crippen MR) is 118 cm³/mol. The summed E-state index contributed by atoms with van der Waals surface area (Å²) < 4.78 is 50.5. The van der Waals surface area contributed by atoms with Crippen molar-refractivity contribution in [2.75, 3.05) is 18.1 Å². The highest BCUT2D eigenvalue weighted by atomic mass is 127. The van der Waals surface area contributed by atoms with Crippen LogP contribution < -0.4 is 10.6 Å². The zero-order chi connectivity index (χ0) is 19.3. The Morgan fingerprint density at radius 2 is 1.89 bits per heavy atom. The van der Waals surface area contributed by atoms with Crippen LogP contribution in [0.4, 0.5) is 8.78 Å². The molecular weight excluding hydrogens is 499 g/mol. The molecule has 1 aromatic carbocycles. The molecule has 1 aromatic rings. The SMILES string of the molecule is I.O=S1(=O)CCC(CNC(=NCc2cc(F)ccc2F)NC2CCCCC2)C1. The lowest BCUT2D eigenvalue weighted by Crippen LogP contribution is -2.45. The summed E-state index contributed by atoms with van der Waals surface area (Å²) in [5, 5.41) is 6.59. The fourth-order valence-corrected chi connectivity index (χ4v) is 5.56. The van der Waals surface area contributed by atoms with Gasteiger partial charge in [0, 0.05) is 18.2 Å². The number of aliphatic imine (C=N–C) groups is 1. The minimum Gasteiger partial charge on any atom is -0.356 e. The number of halogens is 3. The van der Waals surface area contributed by atoms with Crippen LogP contribution in [0.5, 0.6) is 0 Å². The molecule has 2 N–H and O–H groups in total. The van der Waals surface area contributed by atoms with Crippen LogP contribution in [0.2, 0.25) is 0 Å². The summed E-state index contributed by atoms with van der Waals surface area (Å²) in [7, 11) is -2.93. The maximum absolute atomic E-state index is 13.9. The number of rotatable bonds is 5. The van der Waals surface area contributed by atoms with Gasteiger partial charge in [-0.2, -0.15) is 0 Å². The van der Waals surface area contributed by atoms with Gasteiger partial charge in [0.1, 0.15) is 11.6 Å². The topological polar surface area (TPSA) is 70.6 Å². The van der Waals surface area contributed by atoms with E-state index in [1.54, 1.807) is 0 Å². The third-order valence-corrected chi connectivity index (χ3v) is 7.08. The number of hydrogen-bond acceptors (Lipinski definition) is 3. The summed E-state index contributed by atoms with van der Waals surface area (Å²) >= 11 is 0. The van der Waals surface area contributed by atoms with E-state index in [2.05, 4.69) is 15.6 Å². The fraction of sp³-hybridized carbons (Fsp3) is 0.632. The first-order chi connectivity index (χ1) is 12.9. The number of sulfone groups is 1. The van der Waals surface area contributed by atoms with E-state index >= 15 is 0 Å². The van der Waals surface area contributed by atoms with Gasteiger partial charge in [0.15, 0.2) is 15.8 Å². The quantitative estimate of drug-likeness (QED) is 0.350. The molecule has 3 rings (SSSR count). The highest BCUT2D eigenvalue weighted by molar-refractivity contribution is 14.0. The Kier molecular flexibility index (Phi) is 8.91. The van der Waals surface area contributed by atoms with Crippen LogP contribution in [0.3, 0.4) is 0 Å². The second-order valence-electron chi connectivity index (χ2n) is 7.53. The Morgan fingerprint density at radius 3 is 2.57 bits per heavy atom. The van der Waals surface area contributed by atoms with Gasteiger partial charge in [0.2, 0.25) is 0 Å². The number of nitrogens with zero attached hydrogens (tertiary/aromatic N) is 1. The average molecular weight is 527 g/mol. The highest BCUT2D eigenvalue weighted by Gasteiger charge is 2.28. The van der Waals surface area contributed by atoms with Crippen molar-refractivity contribution in [3.8, 4) is 0 Å². The lowest BCUT2D eigenvalue weighted by atomic mass is 9.96. The summed E-state index contributed by atoms with van der Waals surface area (Å²) in [6.07, 6.45) is 6.28. The smallest absolute Gasteiger partial charge is 0.191 e. The van der Waals surface area contributed by atoms with Crippen molar-refractivity contribution in [3.05, 3.63) is 35.4 Å². The second-order valence-corrected chi connectivity index (χ2v) is 9.76. The van der Waals surface area contributed by atoms with E-state index in [1.807, 2.05) is 0 Å². The molecule has 0 spiro atoms. The fourth-order valence-electron chi connectivity index (χ4n) is 3.70. The third-order valence-electron chi connectivity index (χ3n) is 5.25. The molecule has 0 aromatic heterocycles. The number of nitrogens with one attached hydrogen (secondary N) is 2. The normalized spacial score (nSPS) is 22.5. The van der Waals surface area contributed by atoms with E-state index in [9.17, 15) is 17.2 Å². The largest absolute Gasteiger partial charge is 0.356 e. The summed E-state index contributed by atoms with van der Waals surface area (Å²) in [5.74, 6) is 0.0340. The maximum Gasteiger partial charge on any atom is 0.191 e. The third kappa shape index (κ3) is 7.13. The van der Waals surface area contributed by atoms with Gasteiger partial charge in [-0.25, -0.2) is 22.2 Å². The van der Waals surface area contributed by atoms with Gasteiger partial charge >= 0.3 is 0 Å². The molecule has 0 amide bonds. The van der Waals surface area contributed by atoms with Crippen LogP contribution in [-0.2, 0) is 16.4 Å². The molecule has 1 heterocycles. The second kappa shape index (κ2) is 10.7. The molecule has 0 radical (unpaired) electrons. The van der Waals surface area contributed by atoms with Crippen LogP contribution in [0.25, 0.3) is 0 Å². The first-order valence-electron chi connectivity index (χ1n) is 9.60. The minimum atomic E-state index is -2.93. The van der Waals surface area contributed by atoms with Crippen molar-refractivity contribution in [3.63, 3.8) is 0 Å². The molecule has 2 fully saturated rings. The first-order valence-corrected chi connectivity index (χ1v) is 11.4. The van der Waals surface area contributed by atoms with Gasteiger partial charge in [-0.1, -0.05) is 19.3 Å². The van der Waals surface area contributed by atoms with Gasteiger partial charge in [-0.3, -0.25) is 0 Å². The number of hydrogen-bond donors (Lipinski definition) is 2. The van der Waals surface area contributed by atoms with Gasteiger partial charge < -0.3 is 10.6 Å². The lowest BCUT2D eigenvalue weighted by Gasteiger charge is -2.25. The summed E-state index contributed by atoms with van der Waals surface area (Å²) in [4.78, 5) is 4.43. The molecule has 1 aliphatic carbocycles. The van der Waals surface area contributed by atoms with E-state index in [0.717, 1.165) is 43.9 Å². The number of guanidine groups is 1. The first kappa shape index (κ1) is 23.3. The summed E-state index contributed by atoms with van der Waals surface area (Å²) in [5.41, 5.74) is 0.197. The van der Waals surface area contributed by atoms with Gasteiger partial charge in [-0.05, 0) is 43.4 Å². The molecule has 1 saturated heterocycles. The molecule has 0 bridgehead atoms. The van der Waals surface area contributed by atoms with Gasteiger partial charge in [-0.15, -0.1) is 24.0 Å². The Bertz CT molecular complexity index is 783. The Hall–Kier alpha value is -0.970. The van der Waals surface area contributed by atoms with E-state index in [1.165, 1.54) is 6.42 Å². The Morgan fingerprint density at radius 1 is 1.14 bits per heavy atom. The van der Waals surface area contributed by atoms with Crippen molar-refractivity contribution >= 4 is 39.8 Å². The molecule has 28 heavy (non-hydrogen) atoms. The van der Waals surface area contributed by atoms with Crippen LogP contribution in [0.1, 0.15) is 44.1 Å². The lowest BCUT2D eigenvalue weighted by molar-refractivity contribution is 0.408. The van der Waals surface area contributed by atoms with E-state index in [0.29, 0.717) is 25.0 Å². The Labute approximate surface area is 182 Å². The molecule has 5 nitrogen and oxygen atoms in total. The van der Waals surface area contributed by atoms with Crippen LogP contribution in [0, 0.1) is 17.6 Å². The molecule has 158 valence electrons. The van der Waals surface area contributed by atoms with Crippen molar-refractivity contribution in [1.29, 1.82) is 0 Å². The van der Waals surface area contributed by atoms with E-state index in [4.69, 9.17) is 0 Å². The van der Waals surface area contributed by atoms with Crippen LogP contribution >= 0.6 is 24.0 Å². The average Bonchev–Trinajstić information content (AvgIpc) is 3.00. The molecule has 1 saturated carbocycles. The summed E-state index contributed by atoms with van der Waals surface area (Å²) in [6, 6.07) is 3.64. The van der Waals surface area contributed by atoms with Gasteiger partial charge in [0.05, 0.1) is 18.1 Å². The van der Waals surface area contributed by atoms with Crippen molar-refractivity contribution < 1.29 is 17.2 Å². The molecule has 1 atom stereocenters. The number of benzene rings is 1. The predicted octanol–water partition coefficient (Wildman–Crippen LogP) is 3.39. The Balaban J connectivity index is 0.00000280. The van der Waals surface area contributed by atoms with E-state index < -0.39 is 21.5 Å². The van der Waals surface area contributed by atoms with Gasteiger partial charge in [0.25, 0.3) is 0 Å². The monoisotopic (exact) mass is 527 g/mol. The standard InChI is InChI=1S/C19H27F2N3O2S.HI/c20-16-6-7-18(21)15(10-16)12-23-19(24-17-4-2-1-3-5-17)22-11-14-8-9-27(25,26)13-14;/h6-7,10,14,17H,1-5,8-9,11-13H2,(H2,22,23,24);1H. The maximum atomic E-state index is 13.9. The molecule has 1 aliphatic heterocycles. The van der Waals surface area contributed by atoms with Crippen molar-refractivity contribution in [1.82, 2.24) is 10.6 Å². The minimum absolute atomic E-state index is 0. The van der Waals surface area contributed by atoms with Crippen LogP contribution in [-0.4, -0.2) is 38.5 Å². The molecular formula is C19H28F2IN3O2S. The van der Waals surface area contributed by atoms with E-state index in [-0.39, 0.29) is 53.5 Å². The molecule has 9 heteroatoms. The molecule has 1 unspecified atom stereocenters. The zero-order valence-electron chi connectivity index (χ0n) is 15.8. The van der Waals surface area contributed by atoms with Crippen molar-refractivity contribution in [2.24, 2.45) is 10.9 Å². The highest BCUT2D eigenvalue weighted by Crippen LogP contribution is 2.19. The van der Waals surface area contributed by atoms with Crippen LogP contribution in [0.15, 0.2) is 23.2 Å². The van der Waals surface area contributed by atoms with Crippen molar-refractivity contribution in [2.45, 2.75) is 51.1 Å². The summed E-state index contributed by atoms with van der Waals surface area (Å²) in [6.45, 7) is 0.526. The molecule has 2 aliphatic rings.